The molecule has 0 saturated carbocycles. The molecule has 23 heavy (non-hydrogen) atoms. The van der Waals surface area contributed by atoms with Gasteiger partial charge in [0.05, 0.1) is 11.3 Å². The first kappa shape index (κ1) is 17.1. The summed E-state index contributed by atoms with van der Waals surface area (Å²) in [5.74, 6) is -0.388. The molecule has 0 saturated heterocycles. The second-order valence-corrected chi connectivity index (χ2v) is 5.37. The third kappa shape index (κ3) is 4.36. The van der Waals surface area contributed by atoms with Crippen LogP contribution in [-0.2, 0) is 6.18 Å². The zero-order valence-electron chi connectivity index (χ0n) is 12.1. The summed E-state index contributed by atoms with van der Waals surface area (Å²) in [6.07, 6.45) is -4.41. The molecule has 0 unspecified atom stereocenters. The van der Waals surface area contributed by atoms with Gasteiger partial charge in [-0.15, -0.1) is 0 Å². The summed E-state index contributed by atoms with van der Waals surface area (Å²) < 4.78 is 37.8. The highest BCUT2D eigenvalue weighted by atomic mass is 35.5. The summed E-state index contributed by atoms with van der Waals surface area (Å²) in [5.41, 5.74) is 0.334. The highest BCUT2D eigenvalue weighted by Gasteiger charge is 2.30. The van der Waals surface area contributed by atoms with E-state index >= 15 is 0 Å². The molecule has 1 amide bonds. The molecule has 1 N–H and O–H groups in total. The highest BCUT2D eigenvalue weighted by Crippen LogP contribution is 2.30. The monoisotopic (exact) mass is 339 g/mol. The number of alkyl halides is 3. The first-order valence-corrected chi connectivity index (χ1v) is 7.07. The van der Waals surface area contributed by atoms with Crippen molar-refractivity contribution in [3.63, 3.8) is 0 Å². The first-order valence-electron chi connectivity index (χ1n) is 6.69. The van der Waals surface area contributed by atoms with E-state index < -0.39 is 11.7 Å². The molecular weight excluding hydrogens is 327 g/mol. The summed E-state index contributed by atoms with van der Waals surface area (Å²) in [6.45, 7) is 1.56. The number of hydrogen-bond acceptors (Lipinski definition) is 1. The molecule has 0 aromatic heterocycles. The van der Waals surface area contributed by atoms with Crippen molar-refractivity contribution >= 4 is 23.2 Å². The van der Waals surface area contributed by atoms with Crippen LogP contribution < -0.4 is 5.32 Å². The standard InChI is InChI=1S/C17H13ClF3NO/c1-11(18)15(22-16(23)13-5-3-2-4-6-13)12-7-9-14(10-8-12)17(19,20)21/h2-10H,1H3,(H,22,23)/b15-11-. The molecular formula is C17H13ClF3NO. The fraction of sp³-hybridized carbons (Fsp3) is 0.118. The Labute approximate surface area is 136 Å². The van der Waals surface area contributed by atoms with E-state index in [0.717, 1.165) is 12.1 Å². The van der Waals surface area contributed by atoms with Crippen LogP contribution in [0.3, 0.4) is 0 Å². The Morgan fingerprint density at radius 3 is 2.00 bits per heavy atom. The van der Waals surface area contributed by atoms with Crippen molar-refractivity contribution in [3.05, 3.63) is 76.3 Å². The Kier molecular flexibility index (Phi) is 5.11. The predicted octanol–water partition coefficient (Wildman–Crippen LogP) is 5.06. The number of hydrogen-bond donors (Lipinski definition) is 1. The van der Waals surface area contributed by atoms with Crippen LogP contribution in [0.1, 0.15) is 28.4 Å². The van der Waals surface area contributed by atoms with Gasteiger partial charge >= 0.3 is 6.18 Å². The van der Waals surface area contributed by atoms with Gasteiger partial charge in [-0.25, -0.2) is 0 Å². The third-order valence-corrected chi connectivity index (χ3v) is 3.31. The Morgan fingerprint density at radius 2 is 1.52 bits per heavy atom. The molecule has 0 aliphatic rings. The Bertz CT molecular complexity index is 718. The van der Waals surface area contributed by atoms with Gasteiger partial charge in [0.15, 0.2) is 0 Å². The van der Waals surface area contributed by atoms with Crippen LogP contribution in [-0.4, -0.2) is 5.91 Å². The zero-order valence-corrected chi connectivity index (χ0v) is 12.9. The topological polar surface area (TPSA) is 29.1 Å². The van der Waals surface area contributed by atoms with E-state index in [0.29, 0.717) is 11.1 Å². The lowest BCUT2D eigenvalue weighted by atomic mass is 10.1. The molecule has 0 aliphatic carbocycles. The van der Waals surface area contributed by atoms with Crippen molar-refractivity contribution in [2.24, 2.45) is 0 Å². The fourth-order valence-electron chi connectivity index (χ4n) is 1.96. The van der Waals surface area contributed by atoms with Crippen LogP contribution in [0, 0.1) is 0 Å². The van der Waals surface area contributed by atoms with Crippen LogP contribution in [0.2, 0.25) is 0 Å². The minimum absolute atomic E-state index is 0.272. The van der Waals surface area contributed by atoms with Crippen molar-refractivity contribution in [1.29, 1.82) is 0 Å². The molecule has 2 nitrogen and oxygen atoms in total. The molecule has 6 heteroatoms. The number of rotatable bonds is 3. The molecule has 0 aliphatic heterocycles. The first-order chi connectivity index (χ1) is 10.8. The van der Waals surface area contributed by atoms with E-state index in [2.05, 4.69) is 5.32 Å². The molecule has 0 heterocycles. The van der Waals surface area contributed by atoms with Crippen molar-refractivity contribution in [1.82, 2.24) is 5.32 Å². The lowest BCUT2D eigenvalue weighted by Crippen LogP contribution is -2.22. The zero-order chi connectivity index (χ0) is 17.0. The van der Waals surface area contributed by atoms with Crippen molar-refractivity contribution in [2.45, 2.75) is 13.1 Å². The Balaban J connectivity index is 2.27. The average Bonchev–Trinajstić information content (AvgIpc) is 2.52. The minimum atomic E-state index is -4.41. The fourth-order valence-corrected chi connectivity index (χ4v) is 2.11. The quantitative estimate of drug-likeness (QED) is 0.831. The predicted molar refractivity (Wildman–Crippen MR) is 83.8 cm³/mol. The van der Waals surface area contributed by atoms with E-state index in [-0.39, 0.29) is 16.6 Å². The van der Waals surface area contributed by atoms with Gasteiger partial charge < -0.3 is 5.32 Å². The van der Waals surface area contributed by atoms with Gasteiger partial charge in [0.25, 0.3) is 5.91 Å². The Morgan fingerprint density at radius 1 is 0.957 bits per heavy atom. The van der Waals surface area contributed by atoms with Crippen LogP contribution in [0.5, 0.6) is 0 Å². The maximum Gasteiger partial charge on any atom is 0.416 e. The maximum atomic E-state index is 12.6. The van der Waals surface area contributed by atoms with Crippen molar-refractivity contribution in [2.75, 3.05) is 0 Å². The molecule has 0 spiro atoms. The molecule has 2 aromatic carbocycles. The second kappa shape index (κ2) is 6.87. The molecule has 2 aromatic rings. The summed E-state index contributed by atoms with van der Waals surface area (Å²) in [6, 6.07) is 12.9. The molecule has 0 atom stereocenters. The van der Waals surface area contributed by atoms with Gasteiger partial charge in [0, 0.05) is 10.6 Å². The largest absolute Gasteiger partial charge is 0.416 e. The van der Waals surface area contributed by atoms with Gasteiger partial charge in [-0.2, -0.15) is 13.2 Å². The molecule has 2 rings (SSSR count). The third-order valence-electron chi connectivity index (χ3n) is 3.12. The number of carbonyl (C=O) groups is 1. The highest BCUT2D eigenvalue weighted by molar-refractivity contribution is 6.32. The Hall–Kier alpha value is -2.27. The van der Waals surface area contributed by atoms with E-state index in [1.165, 1.54) is 12.1 Å². The van der Waals surface area contributed by atoms with E-state index in [9.17, 15) is 18.0 Å². The van der Waals surface area contributed by atoms with Gasteiger partial charge in [-0.1, -0.05) is 41.9 Å². The van der Waals surface area contributed by atoms with Crippen molar-refractivity contribution < 1.29 is 18.0 Å². The number of allylic oxidation sites excluding steroid dienone is 1. The number of nitrogens with one attached hydrogen (secondary N) is 1. The van der Waals surface area contributed by atoms with Crippen LogP contribution in [0.25, 0.3) is 5.70 Å². The number of benzene rings is 2. The van der Waals surface area contributed by atoms with E-state index in [4.69, 9.17) is 11.6 Å². The number of halogens is 4. The normalized spacial score (nSPS) is 12.6. The number of carbonyl (C=O) groups excluding carboxylic acids is 1. The number of amides is 1. The van der Waals surface area contributed by atoms with Gasteiger partial charge in [-0.3, -0.25) is 4.79 Å². The van der Waals surface area contributed by atoms with Crippen LogP contribution in [0.4, 0.5) is 13.2 Å². The molecule has 120 valence electrons. The lowest BCUT2D eigenvalue weighted by molar-refractivity contribution is -0.137. The molecule has 0 radical (unpaired) electrons. The van der Waals surface area contributed by atoms with Gasteiger partial charge in [0.2, 0.25) is 0 Å². The lowest BCUT2D eigenvalue weighted by Gasteiger charge is -2.13. The second-order valence-electron chi connectivity index (χ2n) is 4.80. The SMILES string of the molecule is C/C(Cl)=C(/NC(=O)c1ccccc1)c1ccc(C(F)(F)F)cc1. The van der Waals surface area contributed by atoms with Crippen LogP contribution in [0.15, 0.2) is 59.6 Å². The summed E-state index contributed by atoms with van der Waals surface area (Å²) >= 11 is 5.98. The van der Waals surface area contributed by atoms with E-state index in [1.807, 2.05) is 0 Å². The molecule has 0 fully saturated rings. The summed E-state index contributed by atoms with van der Waals surface area (Å²) in [5, 5.41) is 2.91. The summed E-state index contributed by atoms with van der Waals surface area (Å²) in [4.78, 5) is 12.2. The van der Waals surface area contributed by atoms with E-state index in [1.54, 1.807) is 37.3 Å². The smallest absolute Gasteiger partial charge is 0.320 e. The van der Waals surface area contributed by atoms with Gasteiger partial charge in [0.1, 0.15) is 0 Å². The maximum absolute atomic E-state index is 12.6. The minimum Gasteiger partial charge on any atom is -0.320 e. The van der Waals surface area contributed by atoms with Crippen molar-refractivity contribution in [3.8, 4) is 0 Å². The summed E-state index contributed by atoms with van der Waals surface area (Å²) in [7, 11) is 0. The average molecular weight is 340 g/mol. The van der Waals surface area contributed by atoms with Gasteiger partial charge in [-0.05, 0) is 36.8 Å². The van der Waals surface area contributed by atoms with Crippen LogP contribution >= 0.6 is 11.6 Å². The molecule has 0 bridgehead atoms.